The number of carbonyl (C=O) groups is 1. The number of nitrogens with zero attached hydrogens (tertiary/aromatic N) is 2. The number of rotatable bonds is 5. The number of benzene rings is 1. The summed E-state index contributed by atoms with van der Waals surface area (Å²) in [4.78, 5) is 19.2. The van der Waals surface area contributed by atoms with Gasteiger partial charge in [0, 0.05) is 23.7 Å². The van der Waals surface area contributed by atoms with E-state index >= 15 is 0 Å². The Labute approximate surface area is 164 Å². The van der Waals surface area contributed by atoms with E-state index in [1.165, 1.54) is 19.3 Å². The Morgan fingerprint density at radius 2 is 1.96 bits per heavy atom. The van der Waals surface area contributed by atoms with E-state index in [1.54, 1.807) is 6.07 Å². The van der Waals surface area contributed by atoms with Crippen molar-refractivity contribution in [1.29, 1.82) is 0 Å². The molecule has 1 fully saturated rings. The van der Waals surface area contributed by atoms with Gasteiger partial charge >= 0.3 is 0 Å². The van der Waals surface area contributed by atoms with Crippen LogP contribution in [0.1, 0.15) is 44.7 Å². The highest BCUT2D eigenvalue weighted by atomic mass is 35.5. The van der Waals surface area contributed by atoms with Gasteiger partial charge in [0.05, 0.1) is 10.0 Å². The predicted octanol–water partition coefficient (Wildman–Crippen LogP) is 5.41. The number of fused-ring (bicyclic) bond motifs is 1. The second-order valence-corrected chi connectivity index (χ2v) is 7.59. The number of hydrogen-bond donors (Lipinski definition) is 0. The molecular weight excluding hydrogens is 371 g/mol. The first-order chi connectivity index (χ1) is 12.5. The molecule has 1 aromatic carbocycles. The van der Waals surface area contributed by atoms with Crippen molar-refractivity contribution in [3.05, 3.63) is 33.9 Å². The molecule has 0 spiro atoms. The summed E-state index contributed by atoms with van der Waals surface area (Å²) in [5, 5.41) is 1.66. The van der Waals surface area contributed by atoms with Crippen molar-refractivity contribution in [2.75, 3.05) is 13.2 Å². The van der Waals surface area contributed by atoms with Crippen molar-refractivity contribution in [3.63, 3.8) is 0 Å². The van der Waals surface area contributed by atoms with E-state index in [9.17, 15) is 4.79 Å². The first-order valence-corrected chi connectivity index (χ1v) is 9.94. The van der Waals surface area contributed by atoms with Gasteiger partial charge < -0.3 is 9.64 Å². The van der Waals surface area contributed by atoms with E-state index in [-0.39, 0.29) is 12.5 Å². The Hall–Kier alpha value is -1.52. The third kappa shape index (κ3) is 4.07. The predicted molar refractivity (Wildman–Crippen MR) is 106 cm³/mol. The zero-order chi connectivity index (χ0) is 18.7. The second kappa shape index (κ2) is 8.45. The number of halogens is 2. The summed E-state index contributed by atoms with van der Waals surface area (Å²) < 4.78 is 5.85. The molecule has 0 N–H and O–H groups in total. The third-order valence-corrected chi connectivity index (χ3v) is 5.59. The SMILES string of the molecule is CCN(C(=O)COc1c(Cl)cc(Cl)c2ccc(C)nc12)C1CCCCC1. The van der Waals surface area contributed by atoms with E-state index in [0.29, 0.717) is 33.9 Å². The largest absolute Gasteiger partial charge is 0.480 e. The Morgan fingerprint density at radius 3 is 2.65 bits per heavy atom. The van der Waals surface area contributed by atoms with Crippen LogP contribution in [0, 0.1) is 6.92 Å². The fourth-order valence-corrected chi connectivity index (χ4v) is 4.25. The molecule has 0 unspecified atom stereocenters. The summed E-state index contributed by atoms with van der Waals surface area (Å²) >= 11 is 12.6. The number of likely N-dealkylation sites (N-methyl/N-ethyl adjacent to an activating group) is 1. The number of amides is 1. The summed E-state index contributed by atoms with van der Waals surface area (Å²) in [6.45, 7) is 4.56. The van der Waals surface area contributed by atoms with Crippen LogP contribution in [0.4, 0.5) is 0 Å². The van der Waals surface area contributed by atoms with Crippen LogP contribution in [0.2, 0.25) is 10.0 Å². The van der Waals surface area contributed by atoms with Crippen LogP contribution in [0.15, 0.2) is 18.2 Å². The summed E-state index contributed by atoms with van der Waals surface area (Å²) in [7, 11) is 0. The monoisotopic (exact) mass is 394 g/mol. The molecule has 0 atom stereocenters. The third-order valence-electron chi connectivity index (χ3n) is 4.99. The first kappa shape index (κ1) is 19.2. The minimum Gasteiger partial charge on any atom is -0.480 e. The van der Waals surface area contributed by atoms with Crippen LogP contribution in [0.5, 0.6) is 5.75 Å². The van der Waals surface area contributed by atoms with Gasteiger partial charge in [-0.2, -0.15) is 0 Å². The Bertz CT molecular complexity index is 804. The van der Waals surface area contributed by atoms with Gasteiger partial charge in [0.2, 0.25) is 0 Å². The molecule has 4 nitrogen and oxygen atoms in total. The van der Waals surface area contributed by atoms with Gasteiger partial charge in [-0.3, -0.25) is 4.79 Å². The molecule has 1 aromatic heterocycles. The normalized spacial score (nSPS) is 15.2. The molecule has 0 radical (unpaired) electrons. The van der Waals surface area contributed by atoms with E-state index in [4.69, 9.17) is 27.9 Å². The molecule has 3 rings (SSSR count). The molecule has 1 amide bonds. The Kier molecular flexibility index (Phi) is 6.25. The van der Waals surface area contributed by atoms with Crippen LogP contribution in [-0.4, -0.2) is 35.0 Å². The number of aryl methyl sites for hydroxylation is 1. The Balaban J connectivity index is 1.80. The van der Waals surface area contributed by atoms with Crippen molar-refractivity contribution < 1.29 is 9.53 Å². The van der Waals surface area contributed by atoms with Gasteiger partial charge in [-0.25, -0.2) is 4.98 Å². The van der Waals surface area contributed by atoms with Crippen molar-refractivity contribution in [3.8, 4) is 5.75 Å². The molecule has 2 aromatic rings. The summed E-state index contributed by atoms with van der Waals surface area (Å²) in [6, 6.07) is 5.74. The fraction of sp³-hybridized carbons (Fsp3) is 0.500. The second-order valence-electron chi connectivity index (χ2n) is 6.78. The van der Waals surface area contributed by atoms with E-state index in [2.05, 4.69) is 4.98 Å². The molecule has 140 valence electrons. The fourth-order valence-electron chi connectivity index (χ4n) is 3.68. The lowest BCUT2D eigenvalue weighted by Gasteiger charge is -2.33. The van der Waals surface area contributed by atoms with Gasteiger partial charge in [0.15, 0.2) is 12.4 Å². The van der Waals surface area contributed by atoms with E-state index < -0.39 is 0 Å². The minimum absolute atomic E-state index is 0.00813. The molecule has 0 saturated heterocycles. The van der Waals surface area contributed by atoms with Crippen LogP contribution in [0.25, 0.3) is 10.9 Å². The molecular formula is C20H24Cl2N2O2. The number of carbonyl (C=O) groups excluding carboxylic acids is 1. The number of hydrogen-bond acceptors (Lipinski definition) is 3. The van der Waals surface area contributed by atoms with Gasteiger partial charge in [-0.05, 0) is 44.9 Å². The lowest BCUT2D eigenvalue weighted by molar-refractivity contribution is -0.136. The topological polar surface area (TPSA) is 42.4 Å². The molecule has 26 heavy (non-hydrogen) atoms. The number of aromatic nitrogens is 1. The maximum atomic E-state index is 12.7. The molecule has 1 saturated carbocycles. The maximum absolute atomic E-state index is 12.7. The summed E-state index contributed by atoms with van der Waals surface area (Å²) in [6.07, 6.45) is 5.78. The maximum Gasteiger partial charge on any atom is 0.260 e. The van der Waals surface area contributed by atoms with Crippen molar-refractivity contribution in [1.82, 2.24) is 9.88 Å². The van der Waals surface area contributed by atoms with Gasteiger partial charge in [0.1, 0.15) is 5.52 Å². The average molecular weight is 395 g/mol. The minimum atomic E-state index is -0.0452. The molecule has 0 bridgehead atoms. The lowest BCUT2D eigenvalue weighted by Crippen LogP contribution is -2.43. The number of ether oxygens (including phenoxy) is 1. The first-order valence-electron chi connectivity index (χ1n) is 9.19. The molecule has 0 aliphatic heterocycles. The van der Waals surface area contributed by atoms with Crippen LogP contribution in [-0.2, 0) is 4.79 Å². The average Bonchev–Trinajstić information content (AvgIpc) is 2.62. The van der Waals surface area contributed by atoms with Crippen LogP contribution >= 0.6 is 23.2 Å². The van der Waals surface area contributed by atoms with Gasteiger partial charge in [-0.15, -0.1) is 0 Å². The Morgan fingerprint density at radius 1 is 1.23 bits per heavy atom. The molecule has 1 aliphatic carbocycles. The summed E-state index contributed by atoms with van der Waals surface area (Å²) in [5.74, 6) is 0.411. The van der Waals surface area contributed by atoms with Crippen molar-refractivity contribution in [2.24, 2.45) is 0 Å². The van der Waals surface area contributed by atoms with Crippen LogP contribution in [0.3, 0.4) is 0 Å². The standard InChI is InChI=1S/C20H24Cl2N2O2/c1-3-24(14-7-5-4-6-8-14)18(25)12-26-20-17(22)11-16(21)15-10-9-13(2)23-19(15)20/h9-11,14H,3-8,12H2,1-2H3. The molecule has 1 heterocycles. The van der Waals surface area contributed by atoms with E-state index in [1.807, 2.05) is 30.9 Å². The highest BCUT2D eigenvalue weighted by Crippen LogP contribution is 2.37. The zero-order valence-electron chi connectivity index (χ0n) is 15.2. The van der Waals surface area contributed by atoms with Crippen molar-refractivity contribution >= 4 is 40.0 Å². The smallest absolute Gasteiger partial charge is 0.260 e. The van der Waals surface area contributed by atoms with Gasteiger partial charge in [0.25, 0.3) is 5.91 Å². The zero-order valence-corrected chi connectivity index (χ0v) is 16.7. The quantitative estimate of drug-likeness (QED) is 0.680. The van der Waals surface area contributed by atoms with Gasteiger partial charge in [-0.1, -0.05) is 42.5 Å². The number of pyridine rings is 1. The van der Waals surface area contributed by atoms with Crippen molar-refractivity contribution in [2.45, 2.75) is 52.0 Å². The highest BCUT2D eigenvalue weighted by molar-refractivity contribution is 6.39. The summed E-state index contributed by atoms with van der Waals surface area (Å²) in [5.41, 5.74) is 1.43. The van der Waals surface area contributed by atoms with Crippen LogP contribution < -0.4 is 4.74 Å². The van der Waals surface area contributed by atoms with E-state index in [0.717, 1.165) is 23.9 Å². The molecule has 1 aliphatic rings. The molecule has 6 heteroatoms. The lowest BCUT2D eigenvalue weighted by atomic mass is 9.94. The highest BCUT2D eigenvalue weighted by Gasteiger charge is 2.25.